The highest BCUT2D eigenvalue weighted by molar-refractivity contribution is 7.18. The van der Waals surface area contributed by atoms with Gasteiger partial charge in [0.05, 0.1) is 16.3 Å². The SMILES string of the molecule is CO/N=C1\CCN(C)c2ccc(-c3cnc(-c4cccnc4)s3)nc21. The zero-order valence-electron chi connectivity index (χ0n) is 14.0. The fourth-order valence-corrected chi connectivity index (χ4v) is 3.71. The van der Waals surface area contributed by atoms with Crippen molar-refractivity contribution >= 4 is 22.7 Å². The highest BCUT2D eigenvalue weighted by atomic mass is 32.1. The van der Waals surface area contributed by atoms with Gasteiger partial charge in [0.15, 0.2) is 0 Å². The van der Waals surface area contributed by atoms with Gasteiger partial charge in [0, 0.05) is 44.2 Å². The lowest BCUT2D eigenvalue weighted by Gasteiger charge is -2.27. The number of hydrogen-bond acceptors (Lipinski definition) is 7. The summed E-state index contributed by atoms with van der Waals surface area (Å²) in [5, 5.41) is 5.09. The summed E-state index contributed by atoms with van der Waals surface area (Å²) in [6.45, 7) is 0.905. The van der Waals surface area contributed by atoms with Gasteiger partial charge in [0.1, 0.15) is 23.5 Å². The average Bonchev–Trinajstić information content (AvgIpc) is 3.15. The first kappa shape index (κ1) is 15.7. The molecule has 0 atom stereocenters. The number of aromatic nitrogens is 3. The number of hydrogen-bond donors (Lipinski definition) is 0. The molecule has 25 heavy (non-hydrogen) atoms. The summed E-state index contributed by atoms with van der Waals surface area (Å²) < 4.78 is 0. The third-order valence-corrected chi connectivity index (χ3v) is 5.18. The molecule has 3 aromatic heterocycles. The summed E-state index contributed by atoms with van der Waals surface area (Å²) in [5.74, 6) is 0. The topological polar surface area (TPSA) is 63.5 Å². The van der Waals surface area contributed by atoms with E-state index in [1.165, 1.54) is 0 Å². The van der Waals surface area contributed by atoms with Crippen LogP contribution in [0.25, 0.3) is 21.1 Å². The smallest absolute Gasteiger partial charge is 0.125 e. The molecule has 1 aliphatic rings. The lowest BCUT2D eigenvalue weighted by Crippen LogP contribution is -2.29. The highest BCUT2D eigenvalue weighted by Gasteiger charge is 2.22. The molecule has 4 rings (SSSR count). The number of anilines is 1. The molecule has 0 spiro atoms. The second kappa shape index (κ2) is 6.60. The van der Waals surface area contributed by atoms with Gasteiger partial charge < -0.3 is 9.74 Å². The summed E-state index contributed by atoms with van der Waals surface area (Å²) in [5.41, 5.74) is 4.74. The molecule has 6 nitrogen and oxygen atoms in total. The summed E-state index contributed by atoms with van der Waals surface area (Å²) in [6.07, 6.45) is 6.26. The molecule has 0 aromatic carbocycles. The van der Waals surface area contributed by atoms with E-state index < -0.39 is 0 Å². The van der Waals surface area contributed by atoms with Crippen molar-refractivity contribution in [1.29, 1.82) is 0 Å². The molecule has 0 aliphatic carbocycles. The van der Waals surface area contributed by atoms with Crippen LogP contribution in [-0.4, -0.2) is 41.4 Å². The first-order valence-corrected chi connectivity index (χ1v) is 8.77. The predicted octanol–water partition coefficient (Wildman–Crippen LogP) is 3.46. The molecule has 0 amide bonds. The van der Waals surface area contributed by atoms with E-state index in [-0.39, 0.29) is 0 Å². The number of pyridine rings is 2. The Morgan fingerprint density at radius 2 is 2.16 bits per heavy atom. The Balaban J connectivity index is 1.74. The Kier molecular flexibility index (Phi) is 4.15. The zero-order chi connectivity index (χ0) is 17.2. The van der Waals surface area contributed by atoms with Crippen molar-refractivity contribution in [3.8, 4) is 21.1 Å². The van der Waals surface area contributed by atoms with Crippen LogP contribution in [0.15, 0.2) is 48.0 Å². The van der Waals surface area contributed by atoms with Crippen LogP contribution < -0.4 is 4.90 Å². The van der Waals surface area contributed by atoms with Crippen LogP contribution in [0.1, 0.15) is 12.1 Å². The van der Waals surface area contributed by atoms with Crippen LogP contribution >= 0.6 is 11.3 Å². The Hall–Kier alpha value is -2.80. The number of rotatable bonds is 3. The normalized spacial score (nSPS) is 15.3. The van der Waals surface area contributed by atoms with Gasteiger partial charge in [-0.25, -0.2) is 9.97 Å². The maximum Gasteiger partial charge on any atom is 0.125 e. The minimum absolute atomic E-state index is 0.817. The molecule has 126 valence electrons. The van der Waals surface area contributed by atoms with Crippen molar-refractivity contribution in [2.75, 3.05) is 25.6 Å². The van der Waals surface area contributed by atoms with E-state index in [1.54, 1.807) is 24.6 Å². The fourth-order valence-electron chi connectivity index (χ4n) is 2.84. The summed E-state index contributed by atoms with van der Waals surface area (Å²) >= 11 is 1.61. The summed E-state index contributed by atoms with van der Waals surface area (Å²) in [4.78, 5) is 21.7. The van der Waals surface area contributed by atoms with Crippen LogP contribution in [-0.2, 0) is 4.84 Å². The Morgan fingerprint density at radius 3 is 2.96 bits per heavy atom. The van der Waals surface area contributed by atoms with E-state index in [2.05, 4.69) is 33.1 Å². The Bertz CT molecular complexity index is 922. The number of nitrogens with zero attached hydrogens (tertiary/aromatic N) is 5. The summed E-state index contributed by atoms with van der Waals surface area (Å²) in [7, 11) is 3.63. The largest absolute Gasteiger partial charge is 0.399 e. The van der Waals surface area contributed by atoms with Crippen LogP contribution in [0.3, 0.4) is 0 Å². The molecule has 0 fully saturated rings. The van der Waals surface area contributed by atoms with Crippen molar-refractivity contribution in [2.45, 2.75) is 6.42 Å². The number of oxime groups is 1. The van der Waals surface area contributed by atoms with Crippen molar-refractivity contribution in [1.82, 2.24) is 15.0 Å². The highest BCUT2D eigenvalue weighted by Crippen LogP contribution is 2.33. The summed E-state index contributed by atoms with van der Waals surface area (Å²) in [6, 6.07) is 8.04. The van der Waals surface area contributed by atoms with E-state index in [0.29, 0.717) is 0 Å². The molecule has 0 saturated carbocycles. The maximum atomic E-state index is 4.99. The minimum atomic E-state index is 0.817. The number of thiazole rings is 1. The van der Waals surface area contributed by atoms with Crippen molar-refractivity contribution in [2.24, 2.45) is 5.16 Å². The molecule has 1 aliphatic heterocycles. The monoisotopic (exact) mass is 351 g/mol. The van der Waals surface area contributed by atoms with Crippen molar-refractivity contribution < 1.29 is 4.84 Å². The van der Waals surface area contributed by atoms with Crippen LogP contribution in [0.4, 0.5) is 5.69 Å². The van der Waals surface area contributed by atoms with Gasteiger partial charge in [-0.2, -0.15) is 0 Å². The second-order valence-electron chi connectivity index (χ2n) is 5.73. The van der Waals surface area contributed by atoms with E-state index in [1.807, 2.05) is 30.6 Å². The third-order valence-electron chi connectivity index (χ3n) is 4.11. The molecular formula is C18H17N5OS. The third kappa shape index (κ3) is 2.98. The fraction of sp³-hybridized carbons (Fsp3) is 0.222. The minimum Gasteiger partial charge on any atom is -0.399 e. The molecule has 7 heteroatoms. The molecule has 0 N–H and O–H groups in total. The predicted molar refractivity (Wildman–Crippen MR) is 100 cm³/mol. The molecule has 0 saturated heterocycles. The van der Waals surface area contributed by atoms with Gasteiger partial charge in [-0.05, 0) is 24.3 Å². The second-order valence-corrected chi connectivity index (χ2v) is 6.76. The van der Waals surface area contributed by atoms with Crippen LogP contribution in [0, 0.1) is 0 Å². The van der Waals surface area contributed by atoms with Crippen LogP contribution in [0.2, 0.25) is 0 Å². The molecule has 0 bridgehead atoms. The van der Waals surface area contributed by atoms with Crippen molar-refractivity contribution in [3.05, 3.63) is 48.5 Å². The van der Waals surface area contributed by atoms with Gasteiger partial charge >= 0.3 is 0 Å². The van der Waals surface area contributed by atoms with Crippen LogP contribution in [0.5, 0.6) is 0 Å². The van der Waals surface area contributed by atoms with Gasteiger partial charge in [-0.3, -0.25) is 4.98 Å². The quantitative estimate of drug-likeness (QED) is 0.676. The molecule has 0 radical (unpaired) electrons. The van der Waals surface area contributed by atoms with E-state index >= 15 is 0 Å². The first-order chi connectivity index (χ1) is 12.3. The molecular weight excluding hydrogens is 334 g/mol. The lowest BCUT2D eigenvalue weighted by molar-refractivity contribution is 0.212. The van der Waals surface area contributed by atoms with Gasteiger partial charge in [-0.1, -0.05) is 5.16 Å². The van der Waals surface area contributed by atoms with Crippen molar-refractivity contribution in [3.63, 3.8) is 0 Å². The standard InChI is InChI=1S/C18H17N5OS/c1-23-9-7-14(22-24-2)17-15(23)6-5-13(21-17)16-11-20-18(25-16)12-4-3-8-19-10-12/h3-6,8,10-11H,7,9H2,1-2H3/b22-14+. The zero-order valence-corrected chi connectivity index (χ0v) is 14.8. The van der Waals surface area contributed by atoms with Gasteiger partial charge in [-0.15, -0.1) is 11.3 Å². The molecule has 4 heterocycles. The van der Waals surface area contributed by atoms with E-state index in [4.69, 9.17) is 9.82 Å². The lowest BCUT2D eigenvalue weighted by atomic mass is 10.1. The van der Waals surface area contributed by atoms with Gasteiger partial charge in [0.2, 0.25) is 0 Å². The molecule has 3 aromatic rings. The maximum absolute atomic E-state index is 4.99. The molecule has 0 unspecified atom stereocenters. The number of fused-ring (bicyclic) bond motifs is 1. The van der Waals surface area contributed by atoms with E-state index in [9.17, 15) is 0 Å². The van der Waals surface area contributed by atoms with Gasteiger partial charge in [0.25, 0.3) is 0 Å². The average molecular weight is 351 g/mol. The first-order valence-electron chi connectivity index (χ1n) is 7.95. The Labute approximate surface area is 149 Å². The van der Waals surface area contributed by atoms with E-state index in [0.717, 1.165) is 51.2 Å². The Morgan fingerprint density at radius 1 is 1.24 bits per heavy atom.